The number of nitrogens with one attached hydrogen (secondary N) is 1. The summed E-state index contributed by atoms with van der Waals surface area (Å²) in [6, 6.07) is -0.713. The maximum Gasteiger partial charge on any atom is 0.328 e. The first-order valence-electron chi connectivity index (χ1n) is 7.41. The van der Waals surface area contributed by atoms with E-state index in [0.717, 1.165) is 12.8 Å². The first-order valence-corrected chi connectivity index (χ1v) is 7.41. The lowest BCUT2D eigenvalue weighted by molar-refractivity contribution is -0.152. The number of amides is 1. The highest BCUT2D eigenvalue weighted by molar-refractivity contribution is 5.88. The molecule has 1 unspecified atom stereocenters. The van der Waals surface area contributed by atoms with Gasteiger partial charge in [-0.25, -0.2) is 4.79 Å². The number of carboxylic acids is 1. The van der Waals surface area contributed by atoms with Gasteiger partial charge in [-0.15, -0.1) is 0 Å². The number of ether oxygens (including phenoxy) is 1. The normalized spacial score (nSPS) is 18.3. The zero-order chi connectivity index (χ0) is 16.0. The molecule has 0 radical (unpaired) electrons. The maximum atomic E-state index is 12.1. The van der Waals surface area contributed by atoms with Crippen LogP contribution < -0.4 is 5.32 Å². The van der Waals surface area contributed by atoms with E-state index in [1.165, 1.54) is 7.11 Å². The lowest BCUT2D eigenvalue weighted by Crippen LogP contribution is -2.45. The highest BCUT2D eigenvalue weighted by Crippen LogP contribution is 2.41. The summed E-state index contributed by atoms with van der Waals surface area (Å²) in [6.07, 6.45) is 3.08. The third-order valence-electron chi connectivity index (χ3n) is 4.04. The van der Waals surface area contributed by atoms with E-state index in [1.54, 1.807) is 0 Å². The van der Waals surface area contributed by atoms with Gasteiger partial charge in [-0.05, 0) is 25.2 Å². The van der Waals surface area contributed by atoms with Gasteiger partial charge in [-0.2, -0.15) is 0 Å². The number of esters is 1. The molecule has 6 heteroatoms. The minimum Gasteiger partial charge on any atom is -0.481 e. The van der Waals surface area contributed by atoms with Gasteiger partial charge in [0.15, 0.2) is 0 Å². The van der Waals surface area contributed by atoms with Crippen molar-refractivity contribution in [2.45, 2.75) is 58.4 Å². The van der Waals surface area contributed by atoms with Crippen LogP contribution in [0.1, 0.15) is 52.4 Å². The fourth-order valence-corrected chi connectivity index (χ4v) is 2.90. The molecule has 0 aliphatic heterocycles. The van der Waals surface area contributed by atoms with E-state index in [9.17, 15) is 19.5 Å². The summed E-state index contributed by atoms with van der Waals surface area (Å²) in [7, 11) is 1.28. The maximum absolute atomic E-state index is 12.1. The Morgan fingerprint density at radius 2 is 1.81 bits per heavy atom. The van der Waals surface area contributed by atoms with E-state index in [2.05, 4.69) is 10.1 Å². The van der Waals surface area contributed by atoms with Gasteiger partial charge in [0.25, 0.3) is 0 Å². The minimum absolute atomic E-state index is 0.0755. The van der Waals surface area contributed by atoms with Crippen LogP contribution in [0.5, 0.6) is 0 Å². The molecule has 0 saturated heterocycles. The van der Waals surface area contributed by atoms with Gasteiger partial charge in [-0.3, -0.25) is 9.59 Å². The van der Waals surface area contributed by atoms with Crippen molar-refractivity contribution in [1.29, 1.82) is 0 Å². The Bertz CT molecular complexity index is 399. The van der Waals surface area contributed by atoms with Crippen LogP contribution in [0, 0.1) is 11.3 Å². The summed E-state index contributed by atoms with van der Waals surface area (Å²) in [5.74, 6) is -1.59. The Labute approximate surface area is 125 Å². The van der Waals surface area contributed by atoms with E-state index in [-0.39, 0.29) is 12.3 Å². The Kier molecular flexibility index (Phi) is 6.18. The van der Waals surface area contributed by atoms with Gasteiger partial charge < -0.3 is 15.2 Å². The number of hydrogen-bond donors (Lipinski definition) is 2. The average Bonchev–Trinajstić information content (AvgIpc) is 2.86. The fourth-order valence-electron chi connectivity index (χ4n) is 2.90. The molecule has 0 spiro atoms. The fraction of sp³-hybridized carbons (Fsp3) is 0.800. The van der Waals surface area contributed by atoms with Crippen molar-refractivity contribution in [2.24, 2.45) is 11.3 Å². The Morgan fingerprint density at radius 3 is 2.24 bits per heavy atom. The van der Waals surface area contributed by atoms with E-state index >= 15 is 0 Å². The minimum atomic E-state index is -0.970. The molecule has 120 valence electrons. The SMILES string of the molecule is COC(=O)C(CC(C)C)NC(=O)CC1(C(=O)O)CCCC1. The Morgan fingerprint density at radius 1 is 1.24 bits per heavy atom. The van der Waals surface area contributed by atoms with Gasteiger partial charge in [0.05, 0.1) is 12.5 Å². The smallest absolute Gasteiger partial charge is 0.328 e. The number of carbonyl (C=O) groups excluding carboxylic acids is 2. The van der Waals surface area contributed by atoms with Crippen LogP contribution >= 0.6 is 0 Å². The summed E-state index contributed by atoms with van der Waals surface area (Å²) in [6.45, 7) is 3.88. The lowest BCUT2D eigenvalue weighted by Gasteiger charge is -2.25. The zero-order valence-corrected chi connectivity index (χ0v) is 13.0. The molecule has 1 aliphatic rings. The van der Waals surface area contributed by atoms with E-state index < -0.39 is 29.3 Å². The van der Waals surface area contributed by atoms with E-state index in [4.69, 9.17) is 0 Å². The summed E-state index contributed by atoms with van der Waals surface area (Å²) in [5.41, 5.74) is -0.970. The second-order valence-corrected chi connectivity index (χ2v) is 6.24. The predicted molar refractivity (Wildman–Crippen MR) is 76.6 cm³/mol. The van der Waals surface area contributed by atoms with Crippen molar-refractivity contribution >= 4 is 17.8 Å². The molecule has 1 saturated carbocycles. The summed E-state index contributed by atoms with van der Waals surface area (Å²) >= 11 is 0. The van der Waals surface area contributed by atoms with Crippen LogP contribution in [0.2, 0.25) is 0 Å². The Balaban J connectivity index is 2.68. The molecule has 6 nitrogen and oxygen atoms in total. The molecule has 0 bridgehead atoms. The lowest BCUT2D eigenvalue weighted by atomic mass is 9.82. The molecule has 21 heavy (non-hydrogen) atoms. The largest absolute Gasteiger partial charge is 0.481 e. The molecule has 1 fully saturated rings. The van der Waals surface area contributed by atoms with Crippen molar-refractivity contribution in [1.82, 2.24) is 5.32 Å². The second-order valence-electron chi connectivity index (χ2n) is 6.24. The number of carboxylic acid groups (broad SMARTS) is 1. The van der Waals surface area contributed by atoms with E-state index in [1.807, 2.05) is 13.8 Å². The van der Waals surface area contributed by atoms with Crippen molar-refractivity contribution < 1.29 is 24.2 Å². The van der Waals surface area contributed by atoms with Crippen LogP contribution in [0.3, 0.4) is 0 Å². The topological polar surface area (TPSA) is 92.7 Å². The van der Waals surface area contributed by atoms with Gasteiger partial charge in [0, 0.05) is 6.42 Å². The number of methoxy groups -OCH3 is 1. The first-order chi connectivity index (χ1) is 9.80. The number of rotatable bonds is 7. The third kappa shape index (κ3) is 4.72. The zero-order valence-electron chi connectivity index (χ0n) is 13.0. The number of hydrogen-bond acceptors (Lipinski definition) is 4. The molecular formula is C15H25NO5. The molecule has 0 aromatic rings. The van der Waals surface area contributed by atoms with Gasteiger partial charge in [-0.1, -0.05) is 26.7 Å². The third-order valence-corrected chi connectivity index (χ3v) is 4.04. The molecule has 1 aliphatic carbocycles. The molecule has 0 heterocycles. The van der Waals surface area contributed by atoms with E-state index in [0.29, 0.717) is 19.3 Å². The number of aliphatic carboxylic acids is 1. The summed E-state index contributed by atoms with van der Waals surface area (Å²) in [4.78, 5) is 35.3. The van der Waals surface area contributed by atoms with Crippen LogP contribution in [0.4, 0.5) is 0 Å². The highest BCUT2D eigenvalue weighted by Gasteiger charge is 2.43. The standard InChI is InChI=1S/C15H25NO5/c1-10(2)8-11(13(18)21-3)16-12(17)9-15(14(19)20)6-4-5-7-15/h10-11H,4-9H2,1-3H3,(H,16,17)(H,19,20). The molecular weight excluding hydrogens is 274 g/mol. The highest BCUT2D eigenvalue weighted by atomic mass is 16.5. The average molecular weight is 299 g/mol. The molecule has 2 N–H and O–H groups in total. The van der Waals surface area contributed by atoms with Gasteiger partial charge in [0.1, 0.15) is 6.04 Å². The van der Waals surface area contributed by atoms with Crippen molar-refractivity contribution in [3.63, 3.8) is 0 Å². The first kappa shape index (κ1) is 17.5. The second kappa shape index (κ2) is 7.43. The van der Waals surface area contributed by atoms with Crippen LogP contribution in [0.25, 0.3) is 0 Å². The predicted octanol–water partition coefficient (Wildman–Crippen LogP) is 1.73. The quantitative estimate of drug-likeness (QED) is 0.698. The van der Waals surface area contributed by atoms with Crippen molar-refractivity contribution in [3.05, 3.63) is 0 Å². The number of carbonyl (C=O) groups is 3. The molecule has 0 aromatic heterocycles. The van der Waals surface area contributed by atoms with Crippen molar-refractivity contribution in [3.8, 4) is 0 Å². The van der Waals surface area contributed by atoms with Crippen LogP contribution in [-0.2, 0) is 19.1 Å². The Hall–Kier alpha value is -1.59. The van der Waals surface area contributed by atoms with Crippen LogP contribution in [0.15, 0.2) is 0 Å². The molecule has 1 atom stereocenters. The molecule has 1 rings (SSSR count). The van der Waals surface area contributed by atoms with Gasteiger partial charge >= 0.3 is 11.9 Å². The monoisotopic (exact) mass is 299 g/mol. The van der Waals surface area contributed by atoms with Crippen molar-refractivity contribution in [2.75, 3.05) is 7.11 Å². The van der Waals surface area contributed by atoms with Crippen LogP contribution in [-0.4, -0.2) is 36.1 Å². The molecule has 0 aromatic carbocycles. The molecule has 1 amide bonds. The summed E-state index contributed by atoms with van der Waals surface area (Å²) in [5, 5.41) is 12.0. The summed E-state index contributed by atoms with van der Waals surface area (Å²) < 4.78 is 4.69. The van der Waals surface area contributed by atoms with Gasteiger partial charge in [0.2, 0.25) is 5.91 Å².